The number of carbonyl (C=O) groups excluding carboxylic acids is 1. The van der Waals surface area contributed by atoms with E-state index in [1.807, 2.05) is 12.1 Å². The number of anilines is 1. The molecule has 0 unspecified atom stereocenters. The molecule has 5 nitrogen and oxygen atoms in total. The van der Waals surface area contributed by atoms with Gasteiger partial charge in [0.1, 0.15) is 0 Å². The van der Waals surface area contributed by atoms with Crippen LogP contribution in [0.1, 0.15) is 27.2 Å². The number of thiazole rings is 1. The molecule has 0 radical (unpaired) electrons. The second-order valence-corrected chi connectivity index (χ2v) is 7.09. The summed E-state index contributed by atoms with van der Waals surface area (Å²) in [7, 11) is 0. The van der Waals surface area contributed by atoms with Crippen molar-refractivity contribution in [2.45, 2.75) is 20.4 Å². The summed E-state index contributed by atoms with van der Waals surface area (Å²) in [4.78, 5) is 23.6. The first-order chi connectivity index (χ1) is 12.6. The van der Waals surface area contributed by atoms with Gasteiger partial charge in [-0.15, -0.1) is 0 Å². The molecule has 0 saturated carbocycles. The fourth-order valence-electron chi connectivity index (χ4n) is 2.76. The highest BCUT2D eigenvalue weighted by atomic mass is 32.1. The van der Waals surface area contributed by atoms with Gasteiger partial charge in [-0.05, 0) is 54.8 Å². The van der Waals surface area contributed by atoms with Crippen LogP contribution in [0.4, 0.5) is 5.13 Å². The monoisotopic (exact) mass is 363 g/mol. The molecule has 0 spiro atoms. The van der Waals surface area contributed by atoms with E-state index in [0.717, 1.165) is 21.3 Å². The predicted molar refractivity (Wildman–Crippen MR) is 103 cm³/mol. The third-order valence-corrected chi connectivity index (χ3v) is 5.39. The lowest BCUT2D eigenvalue weighted by Gasteiger charge is -2.18. The quantitative estimate of drug-likeness (QED) is 0.525. The number of hydrogen-bond donors (Lipinski definition) is 0. The average Bonchev–Trinajstić information content (AvgIpc) is 3.33. The van der Waals surface area contributed by atoms with Crippen molar-refractivity contribution in [1.29, 1.82) is 0 Å². The second kappa shape index (κ2) is 6.72. The molecule has 130 valence electrons. The lowest BCUT2D eigenvalue weighted by Crippen LogP contribution is -2.30. The number of furan rings is 1. The third kappa shape index (κ3) is 2.99. The maximum atomic E-state index is 13.0. The molecule has 4 rings (SSSR count). The Morgan fingerprint density at radius 1 is 1.19 bits per heavy atom. The van der Waals surface area contributed by atoms with Crippen molar-refractivity contribution in [3.63, 3.8) is 0 Å². The van der Waals surface area contributed by atoms with Crippen LogP contribution in [-0.4, -0.2) is 15.9 Å². The molecule has 0 aliphatic rings. The van der Waals surface area contributed by atoms with Crippen LogP contribution in [0.25, 0.3) is 10.2 Å². The maximum absolute atomic E-state index is 13.0. The normalized spacial score (nSPS) is 11.0. The Bertz CT molecular complexity index is 1060. The van der Waals surface area contributed by atoms with Gasteiger partial charge in [0.25, 0.3) is 5.91 Å². The molecular weight excluding hydrogens is 346 g/mol. The van der Waals surface area contributed by atoms with E-state index < -0.39 is 0 Å². The molecule has 1 aromatic carbocycles. The minimum Gasteiger partial charge on any atom is -0.459 e. The van der Waals surface area contributed by atoms with Crippen molar-refractivity contribution < 1.29 is 9.21 Å². The van der Waals surface area contributed by atoms with Gasteiger partial charge in [0.2, 0.25) is 0 Å². The van der Waals surface area contributed by atoms with Gasteiger partial charge in [-0.25, -0.2) is 4.98 Å². The summed E-state index contributed by atoms with van der Waals surface area (Å²) in [5.74, 6) is 0.0772. The summed E-state index contributed by atoms with van der Waals surface area (Å²) >= 11 is 1.51. The van der Waals surface area contributed by atoms with Crippen molar-refractivity contribution in [1.82, 2.24) is 9.97 Å². The minimum absolute atomic E-state index is 0.215. The number of hydrogen-bond acceptors (Lipinski definition) is 5. The summed E-state index contributed by atoms with van der Waals surface area (Å²) in [6, 6.07) is 11.3. The smallest absolute Gasteiger partial charge is 0.296 e. The molecule has 0 aliphatic heterocycles. The molecule has 0 saturated heterocycles. The maximum Gasteiger partial charge on any atom is 0.296 e. The SMILES string of the molecule is Cc1ccc2sc(N(Cc3cccnc3)C(=O)c3ccco3)nc2c1C. The Morgan fingerprint density at radius 2 is 2.08 bits per heavy atom. The highest BCUT2D eigenvalue weighted by Gasteiger charge is 2.24. The Kier molecular flexibility index (Phi) is 4.26. The van der Waals surface area contributed by atoms with Crippen molar-refractivity contribution in [2.75, 3.05) is 4.90 Å². The molecule has 26 heavy (non-hydrogen) atoms. The zero-order valence-corrected chi connectivity index (χ0v) is 15.3. The highest BCUT2D eigenvalue weighted by molar-refractivity contribution is 7.22. The van der Waals surface area contributed by atoms with Crippen LogP contribution in [0, 0.1) is 13.8 Å². The van der Waals surface area contributed by atoms with Crippen molar-refractivity contribution in [3.8, 4) is 0 Å². The second-order valence-electron chi connectivity index (χ2n) is 6.08. The van der Waals surface area contributed by atoms with Crippen LogP contribution in [0.15, 0.2) is 59.5 Å². The van der Waals surface area contributed by atoms with Crippen molar-refractivity contribution in [2.24, 2.45) is 0 Å². The number of carbonyl (C=O) groups is 1. The fourth-order valence-corrected chi connectivity index (χ4v) is 3.79. The van der Waals surface area contributed by atoms with Gasteiger partial charge in [0.05, 0.1) is 23.0 Å². The Balaban J connectivity index is 1.79. The molecule has 0 N–H and O–H groups in total. The highest BCUT2D eigenvalue weighted by Crippen LogP contribution is 2.33. The average molecular weight is 363 g/mol. The molecule has 0 bridgehead atoms. The first kappa shape index (κ1) is 16.5. The Labute approximate surface area is 154 Å². The Morgan fingerprint density at radius 3 is 2.81 bits per heavy atom. The summed E-state index contributed by atoms with van der Waals surface area (Å²) in [5, 5.41) is 0.652. The lowest BCUT2D eigenvalue weighted by molar-refractivity contribution is 0.0958. The van der Waals surface area contributed by atoms with E-state index in [0.29, 0.717) is 17.4 Å². The van der Waals surface area contributed by atoms with E-state index in [4.69, 9.17) is 9.40 Å². The molecule has 0 fully saturated rings. The number of benzene rings is 1. The Hall–Kier alpha value is -2.99. The van der Waals surface area contributed by atoms with Gasteiger partial charge >= 0.3 is 0 Å². The first-order valence-corrected chi connectivity index (χ1v) is 9.06. The predicted octanol–water partition coefficient (Wildman–Crippen LogP) is 4.75. The van der Waals surface area contributed by atoms with Crippen LogP contribution in [0.3, 0.4) is 0 Å². The molecule has 1 amide bonds. The standard InChI is InChI=1S/C20H17N3O2S/c1-13-7-8-17-18(14(13)2)22-20(26-17)23(12-15-5-3-9-21-11-15)19(24)16-6-4-10-25-16/h3-11H,12H2,1-2H3. The summed E-state index contributed by atoms with van der Waals surface area (Å²) in [6.45, 7) is 4.50. The van der Waals surface area contributed by atoms with E-state index in [1.165, 1.54) is 23.2 Å². The first-order valence-electron chi connectivity index (χ1n) is 8.24. The van der Waals surface area contributed by atoms with Gasteiger partial charge in [-0.3, -0.25) is 14.7 Å². The van der Waals surface area contributed by atoms with Gasteiger partial charge in [0.15, 0.2) is 10.9 Å². The molecule has 0 atom stereocenters. The van der Waals surface area contributed by atoms with E-state index in [1.54, 1.807) is 29.4 Å². The number of pyridine rings is 1. The van der Waals surface area contributed by atoms with Crippen LogP contribution < -0.4 is 4.90 Å². The van der Waals surface area contributed by atoms with Crippen molar-refractivity contribution >= 4 is 32.6 Å². The molecule has 6 heteroatoms. The van der Waals surface area contributed by atoms with E-state index in [-0.39, 0.29) is 5.91 Å². The van der Waals surface area contributed by atoms with Crippen LogP contribution in [0.2, 0.25) is 0 Å². The van der Waals surface area contributed by atoms with Crippen LogP contribution in [-0.2, 0) is 6.54 Å². The van der Waals surface area contributed by atoms with Gasteiger partial charge in [0, 0.05) is 12.4 Å². The van der Waals surface area contributed by atoms with E-state index in [2.05, 4.69) is 31.0 Å². The number of rotatable bonds is 4. The minimum atomic E-state index is -0.215. The summed E-state index contributed by atoms with van der Waals surface area (Å²) < 4.78 is 6.38. The number of amides is 1. The lowest BCUT2D eigenvalue weighted by atomic mass is 10.1. The number of fused-ring (bicyclic) bond motifs is 1. The van der Waals surface area contributed by atoms with Crippen molar-refractivity contribution in [3.05, 3.63) is 77.5 Å². The molecule has 3 heterocycles. The summed E-state index contributed by atoms with van der Waals surface area (Å²) in [6.07, 6.45) is 4.97. The van der Waals surface area contributed by atoms with Crippen LogP contribution in [0.5, 0.6) is 0 Å². The fraction of sp³-hybridized carbons (Fsp3) is 0.150. The van der Waals surface area contributed by atoms with Gasteiger partial charge < -0.3 is 4.42 Å². The molecular formula is C20H17N3O2S. The molecule has 3 aromatic heterocycles. The van der Waals surface area contributed by atoms with E-state index in [9.17, 15) is 4.79 Å². The zero-order chi connectivity index (χ0) is 18.1. The van der Waals surface area contributed by atoms with Crippen LogP contribution >= 0.6 is 11.3 Å². The van der Waals surface area contributed by atoms with Gasteiger partial charge in [-0.1, -0.05) is 23.5 Å². The van der Waals surface area contributed by atoms with E-state index >= 15 is 0 Å². The third-order valence-electron chi connectivity index (χ3n) is 4.35. The number of aryl methyl sites for hydroxylation is 2. The number of aromatic nitrogens is 2. The van der Waals surface area contributed by atoms with Gasteiger partial charge in [-0.2, -0.15) is 0 Å². The largest absolute Gasteiger partial charge is 0.459 e. The molecule has 0 aliphatic carbocycles. The zero-order valence-electron chi connectivity index (χ0n) is 14.5. The number of nitrogens with zero attached hydrogens (tertiary/aromatic N) is 3. The molecule has 4 aromatic rings. The topological polar surface area (TPSA) is 59.2 Å². The summed E-state index contributed by atoms with van der Waals surface area (Å²) in [5.41, 5.74) is 4.19.